The third-order valence-electron chi connectivity index (χ3n) is 1.54. The van der Waals surface area contributed by atoms with Crippen molar-refractivity contribution in [1.29, 1.82) is 0 Å². The number of hydrogen-bond donors (Lipinski definition) is 0. The molecule has 0 fully saturated rings. The average Bonchev–Trinajstić information content (AvgIpc) is 2.20. The molecule has 0 aliphatic rings. The number of esters is 1. The Balaban J connectivity index is 2.57. The van der Waals surface area contributed by atoms with E-state index in [1.54, 1.807) is 13.0 Å². The monoisotopic (exact) mass is 276 g/mol. The van der Waals surface area contributed by atoms with Crippen molar-refractivity contribution in [2.75, 3.05) is 13.2 Å². The van der Waals surface area contributed by atoms with Crippen LogP contribution < -0.4 is 4.74 Å². The van der Waals surface area contributed by atoms with Crippen LogP contribution in [-0.4, -0.2) is 19.2 Å². The number of carbonyl (C=O) groups is 1. The standard InChI is InChI=1S/C10H10BrFO3/c1-2-14-10(13)6-15-9-5-7(11)3-4-8(9)12/h3-5H,2,6H2,1H3. The first kappa shape index (κ1) is 12.0. The fourth-order valence-corrected chi connectivity index (χ4v) is 1.27. The van der Waals surface area contributed by atoms with Gasteiger partial charge in [0.05, 0.1) is 6.61 Å². The Morgan fingerprint density at radius 3 is 2.93 bits per heavy atom. The van der Waals surface area contributed by atoms with Crippen LogP contribution in [0.1, 0.15) is 6.92 Å². The molecule has 15 heavy (non-hydrogen) atoms. The lowest BCUT2D eigenvalue weighted by atomic mass is 10.3. The second-order valence-corrected chi connectivity index (χ2v) is 3.58. The van der Waals surface area contributed by atoms with Gasteiger partial charge < -0.3 is 9.47 Å². The van der Waals surface area contributed by atoms with Gasteiger partial charge in [0.25, 0.3) is 0 Å². The molecule has 1 aromatic rings. The second kappa shape index (κ2) is 5.70. The summed E-state index contributed by atoms with van der Waals surface area (Å²) in [7, 11) is 0. The minimum absolute atomic E-state index is 0.0254. The maximum atomic E-state index is 13.1. The second-order valence-electron chi connectivity index (χ2n) is 2.67. The van der Waals surface area contributed by atoms with Gasteiger partial charge in [0.1, 0.15) is 0 Å². The Kier molecular flexibility index (Phi) is 4.55. The molecular formula is C10H10BrFO3. The van der Waals surface area contributed by atoms with Crippen LogP contribution in [-0.2, 0) is 9.53 Å². The lowest BCUT2D eigenvalue weighted by Crippen LogP contribution is -2.15. The van der Waals surface area contributed by atoms with Gasteiger partial charge >= 0.3 is 5.97 Å². The smallest absolute Gasteiger partial charge is 0.344 e. The zero-order chi connectivity index (χ0) is 11.3. The summed E-state index contributed by atoms with van der Waals surface area (Å²) in [5.74, 6) is -1.00. The van der Waals surface area contributed by atoms with E-state index >= 15 is 0 Å². The first-order valence-corrected chi connectivity index (χ1v) is 5.16. The molecular weight excluding hydrogens is 267 g/mol. The molecule has 0 radical (unpaired) electrons. The molecule has 0 aromatic heterocycles. The molecule has 1 aromatic carbocycles. The largest absolute Gasteiger partial charge is 0.479 e. The van der Waals surface area contributed by atoms with Crippen molar-refractivity contribution in [3.8, 4) is 5.75 Å². The highest BCUT2D eigenvalue weighted by Gasteiger charge is 2.07. The maximum absolute atomic E-state index is 13.1. The van der Waals surface area contributed by atoms with E-state index in [4.69, 9.17) is 4.74 Å². The molecule has 0 N–H and O–H groups in total. The van der Waals surface area contributed by atoms with Crippen LogP contribution in [0.4, 0.5) is 4.39 Å². The lowest BCUT2D eigenvalue weighted by molar-refractivity contribution is -0.145. The van der Waals surface area contributed by atoms with Gasteiger partial charge in [0.2, 0.25) is 0 Å². The van der Waals surface area contributed by atoms with Crippen LogP contribution in [0, 0.1) is 5.82 Å². The number of ether oxygens (including phenoxy) is 2. The topological polar surface area (TPSA) is 35.5 Å². The quantitative estimate of drug-likeness (QED) is 0.793. The fourth-order valence-electron chi connectivity index (χ4n) is 0.927. The van der Waals surface area contributed by atoms with Crippen molar-refractivity contribution < 1.29 is 18.7 Å². The molecule has 0 saturated heterocycles. The van der Waals surface area contributed by atoms with E-state index in [1.165, 1.54) is 12.1 Å². The Morgan fingerprint density at radius 1 is 1.53 bits per heavy atom. The van der Waals surface area contributed by atoms with Crippen LogP contribution >= 0.6 is 15.9 Å². The van der Waals surface area contributed by atoms with Crippen LogP contribution in [0.2, 0.25) is 0 Å². The molecule has 0 bridgehead atoms. The van der Waals surface area contributed by atoms with Crippen molar-refractivity contribution in [1.82, 2.24) is 0 Å². The van der Waals surface area contributed by atoms with Gasteiger partial charge in [0.15, 0.2) is 18.2 Å². The highest BCUT2D eigenvalue weighted by Crippen LogP contribution is 2.22. The van der Waals surface area contributed by atoms with Crippen LogP contribution in [0.25, 0.3) is 0 Å². The molecule has 1 rings (SSSR count). The molecule has 0 spiro atoms. The Labute approximate surface area is 95.3 Å². The molecule has 0 aliphatic heterocycles. The molecule has 0 heterocycles. The van der Waals surface area contributed by atoms with E-state index in [1.807, 2.05) is 0 Å². The first-order chi connectivity index (χ1) is 7.13. The summed E-state index contributed by atoms with van der Waals surface area (Å²) in [5.41, 5.74) is 0. The van der Waals surface area contributed by atoms with Crippen LogP contribution in [0.15, 0.2) is 22.7 Å². The molecule has 0 aliphatic carbocycles. The Morgan fingerprint density at radius 2 is 2.27 bits per heavy atom. The molecule has 0 atom stereocenters. The van der Waals surface area contributed by atoms with Gasteiger partial charge in [-0.05, 0) is 25.1 Å². The summed E-state index contributed by atoms with van der Waals surface area (Å²) >= 11 is 3.17. The Hall–Kier alpha value is -1.10. The highest BCUT2D eigenvalue weighted by molar-refractivity contribution is 9.10. The van der Waals surface area contributed by atoms with E-state index in [0.29, 0.717) is 4.47 Å². The predicted octanol–water partition coefficient (Wildman–Crippen LogP) is 2.53. The van der Waals surface area contributed by atoms with E-state index in [2.05, 4.69) is 20.7 Å². The van der Waals surface area contributed by atoms with Gasteiger partial charge in [-0.1, -0.05) is 15.9 Å². The zero-order valence-electron chi connectivity index (χ0n) is 8.13. The van der Waals surface area contributed by atoms with E-state index in [9.17, 15) is 9.18 Å². The summed E-state index contributed by atoms with van der Waals surface area (Å²) < 4.78 is 23.4. The normalized spacial score (nSPS) is 9.80. The van der Waals surface area contributed by atoms with Crippen molar-refractivity contribution in [3.05, 3.63) is 28.5 Å². The summed E-state index contributed by atoms with van der Waals surface area (Å²) in [6, 6.07) is 4.26. The molecule has 82 valence electrons. The van der Waals surface area contributed by atoms with Crippen molar-refractivity contribution in [3.63, 3.8) is 0 Å². The van der Waals surface area contributed by atoms with Gasteiger partial charge in [-0.15, -0.1) is 0 Å². The first-order valence-electron chi connectivity index (χ1n) is 4.37. The van der Waals surface area contributed by atoms with Crippen LogP contribution in [0.3, 0.4) is 0 Å². The SMILES string of the molecule is CCOC(=O)COc1cc(Br)ccc1F. The number of carbonyl (C=O) groups excluding carboxylic acids is 1. The number of hydrogen-bond acceptors (Lipinski definition) is 3. The maximum Gasteiger partial charge on any atom is 0.344 e. The molecule has 5 heteroatoms. The number of halogens is 2. The lowest BCUT2D eigenvalue weighted by Gasteiger charge is -2.06. The summed E-state index contributed by atoms with van der Waals surface area (Å²) in [6.45, 7) is 1.68. The minimum atomic E-state index is -0.517. The van der Waals surface area contributed by atoms with Crippen molar-refractivity contribution in [2.24, 2.45) is 0 Å². The van der Waals surface area contributed by atoms with Crippen LogP contribution in [0.5, 0.6) is 5.75 Å². The third-order valence-corrected chi connectivity index (χ3v) is 2.04. The summed E-state index contributed by atoms with van der Waals surface area (Å²) in [5, 5.41) is 0. The van der Waals surface area contributed by atoms with E-state index in [-0.39, 0.29) is 19.0 Å². The van der Waals surface area contributed by atoms with Crippen molar-refractivity contribution >= 4 is 21.9 Å². The zero-order valence-corrected chi connectivity index (χ0v) is 9.71. The number of rotatable bonds is 4. The third kappa shape index (κ3) is 3.87. The average molecular weight is 277 g/mol. The van der Waals surface area contributed by atoms with E-state index < -0.39 is 11.8 Å². The molecule has 3 nitrogen and oxygen atoms in total. The Bertz CT molecular complexity index is 355. The van der Waals surface area contributed by atoms with Gasteiger partial charge in [-0.25, -0.2) is 9.18 Å². The summed E-state index contributed by atoms with van der Waals surface area (Å²) in [6.07, 6.45) is 0. The van der Waals surface area contributed by atoms with Gasteiger partial charge in [-0.3, -0.25) is 0 Å². The summed E-state index contributed by atoms with van der Waals surface area (Å²) in [4.78, 5) is 10.9. The predicted molar refractivity (Wildman–Crippen MR) is 56.2 cm³/mol. The minimum Gasteiger partial charge on any atom is -0.479 e. The molecule has 0 saturated carbocycles. The number of benzene rings is 1. The molecule has 0 unspecified atom stereocenters. The van der Waals surface area contributed by atoms with Gasteiger partial charge in [0, 0.05) is 4.47 Å². The highest BCUT2D eigenvalue weighted by atomic mass is 79.9. The van der Waals surface area contributed by atoms with E-state index in [0.717, 1.165) is 0 Å². The fraction of sp³-hybridized carbons (Fsp3) is 0.300. The van der Waals surface area contributed by atoms with Crippen molar-refractivity contribution in [2.45, 2.75) is 6.92 Å². The van der Waals surface area contributed by atoms with Gasteiger partial charge in [-0.2, -0.15) is 0 Å². The molecule has 0 amide bonds.